The molecule has 0 saturated heterocycles. The van der Waals surface area contributed by atoms with Gasteiger partial charge in [0.2, 0.25) is 0 Å². The van der Waals surface area contributed by atoms with E-state index in [-0.39, 0.29) is 4.90 Å². The van der Waals surface area contributed by atoms with E-state index in [1.54, 1.807) is 18.2 Å². The molecule has 118 valence electrons. The first-order valence-corrected chi connectivity index (χ1v) is 8.72. The largest absolute Gasteiger partial charge is 0.422 e. The quantitative estimate of drug-likeness (QED) is 0.403. The van der Waals surface area contributed by atoms with Crippen LogP contribution in [0.1, 0.15) is 5.56 Å². The van der Waals surface area contributed by atoms with Gasteiger partial charge in [-0.3, -0.25) is 0 Å². The van der Waals surface area contributed by atoms with Gasteiger partial charge in [-0.2, -0.15) is 0 Å². The van der Waals surface area contributed by atoms with Crippen LogP contribution in [0.3, 0.4) is 0 Å². The molecule has 0 aliphatic rings. The number of benzene rings is 3. The van der Waals surface area contributed by atoms with E-state index in [0.29, 0.717) is 10.5 Å². The van der Waals surface area contributed by atoms with Gasteiger partial charge in [0, 0.05) is 10.3 Å². The first-order chi connectivity index (χ1) is 11.6. The third kappa shape index (κ3) is 2.45. The molecular weight excluding hydrogens is 320 g/mol. The van der Waals surface area contributed by atoms with Crippen molar-refractivity contribution < 1.29 is 8.63 Å². The molecule has 0 radical (unpaired) electrons. The fourth-order valence-corrected chi connectivity index (χ4v) is 4.01. The summed E-state index contributed by atoms with van der Waals surface area (Å²) in [5.74, 6) is 0. The van der Waals surface area contributed by atoms with Crippen LogP contribution in [0.15, 0.2) is 85.7 Å². The van der Waals surface area contributed by atoms with Crippen LogP contribution in [0.2, 0.25) is 0 Å². The second-order valence-corrected chi connectivity index (χ2v) is 7.13. The molecule has 24 heavy (non-hydrogen) atoms. The van der Waals surface area contributed by atoms with Crippen LogP contribution in [0.4, 0.5) is 0 Å². The van der Waals surface area contributed by atoms with E-state index in [1.807, 2.05) is 55.5 Å². The zero-order valence-corrected chi connectivity index (χ0v) is 13.8. The lowest BCUT2D eigenvalue weighted by atomic mass is 10.1. The van der Waals surface area contributed by atoms with Crippen molar-refractivity contribution in [3.8, 4) is 0 Å². The lowest BCUT2D eigenvalue weighted by Crippen LogP contribution is -2.09. The maximum Gasteiger partial charge on any atom is 0.353 e. The Morgan fingerprint density at radius 1 is 0.875 bits per heavy atom. The molecule has 0 aliphatic heterocycles. The molecule has 1 atom stereocenters. The molecule has 0 amide bonds. The van der Waals surface area contributed by atoms with E-state index in [9.17, 15) is 9.00 Å². The zero-order valence-electron chi connectivity index (χ0n) is 13.0. The van der Waals surface area contributed by atoms with Crippen molar-refractivity contribution in [2.45, 2.75) is 16.7 Å². The van der Waals surface area contributed by atoms with E-state index in [4.69, 9.17) is 4.42 Å². The van der Waals surface area contributed by atoms with E-state index in [0.717, 1.165) is 21.7 Å². The molecule has 1 aromatic heterocycles. The Kier molecular flexibility index (Phi) is 3.54. The minimum atomic E-state index is -1.57. The Balaban J connectivity index is 1.98. The summed E-state index contributed by atoms with van der Waals surface area (Å²) >= 11 is 0. The molecule has 0 saturated carbocycles. The molecular formula is C20H14O3S. The first kappa shape index (κ1) is 14.8. The van der Waals surface area contributed by atoms with Gasteiger partial charge in [0.1, 0.15) is 10.5 Å². The molecule has 0 fully saturated rings. The number of hydrogen-bond acceptors (Lipinski definition) is 3. The van der Waals surface area contributed by atoms with E-state index >= 15 is 0 Å². The van der Waals surface area contributed by atoms with Gasteiger partial charge < -0.3 is 4.42 Å². The third-order valence-corrected chi connectivity index (χ3v) is 5.38. The summed E-state index contributed by atoms with van der Waals surface area (Å²) in [5.41, 5.74) is 0.942. The average molecular weight is 334 g/mol. The standard InChI is InChI=1S/C20H14O3S/c1-13-5-4-7-15(11-13)24(22)19-12-17-16-8-3-2-6-14(16)9-10-18(17)23-20(19)21/h2-12H,1H3. The van der Waals surface area contributed by atoms with Crippen LogP contribution in [-0.4, -0.2) is 4.21 Å². The third-order valence-electron chi connectivity index (χ3n) is 4.01. The van der Waals surface area contributed by atoms with E-state index in [1.165, 1.54) is 0 Å². The van der Waals surface area contributed by atoms with Crippen molar-refractivity contribution in [2.24, 2.45) is 0 Å². The lowest BCUT2D eigenvalue weighted by Gasteiger charge is -2.06. The fourth-order valence-electron chi connectivity index (χ4n) is 2.84. The van der Waals surface area contributed by atoms with Gasteiger partial charge in [-0.15, -0.1) is 0 Å². The molecule has 0 N–H and O–H groups in total. The Hall–Kier alpha value is -2.72. The van der Waals surface area contributed by atoms with Crippen molar-refractivity contribution in [2.75, 3.05) is 0 Å². The van der Waals surface area contributed by atoms with Crippen molar-refractivity contribution in [1.82, 2.24) is 0 Å². The van der Waals surface area contributed by atoms with Gasteiger partial charge in [-0.25, -0.2) is 9.00 Å². The highest BCUT2D eigenvalue weighted by Gasteiger charge is 2.15. The van der Waals surface area contributed by atoms with Crippen LogP contribution in [-0.2, 0) is 10.8 Å². The molecule has 0 spiro atoms. The predicted molar refractivity (Wildman–Crippen MR) is 95.8 cm³/mol. The molecule has 4 rings (SSSR count). The molecule has 0 bridgehead atoms. The molecule has 4 heteroatoms. The summed E-state index contributed by atoms with van der Waals surface area (Å²) in [7, 11) is -1.57. The second kappa shape index (κ2) is 5.73. The number of fused-ring (bicyclic) bond motifs is 3. The summed E-state index contributed by atoms with van der Waals surface area (Å²) in [6, 6.07) is 20.6. The maximum atomic E-state index is 12.9. The van der Waals surface area contributed by atoms with Gasteiger partial charge in [0.15, 0.2) is 0 Å². The van der Waals surface area contributed by atoms with Crippen LogP contribution in [0.5, 0.6) is 0 Å². The van der Waals surface area contributed by atoms with Crippen molar-refractivity contribution >= 4 is 32.5 Å². The van der Waals surface area contributed by atoms with Crippen LogP contribution < -0.4 is 5.63 Å². The zero-order chi connectivity index (χ0) is 16.7. The Morgan fingerprint density at radius 2 is 1.71 bits per heavy atom. The van der Waals surface area contributed by atoms with Gasteiger partial charge in [-0.05, 0) is 47.5 Å². The highest BCUT2D eigenvalue weighted by atomic mass is 32.2. The summed E-state index contributed by atoms with van der Waals surface area (Å²) in [4.78, 5) is 13.1. The van der Waals surface area contributed by atoms with E-state index < -0.39 is 16.4 Å². The highest BCUT2D eigenvalue weighted by molar-refractivity contribution is 7.85. The maximum absolute atomic E-state index is 12.9. The van der Waals surface area contributed by atoms with Crippen molar-refractivity contribution in [1.29, 1.82) is 0 Å². The Morgan fingerprint density at radius 3 is 2.54 bits per heavy atom. The van der Waals surface area contributed by atoms with Gasteiger partial charge in [0.05, 0.1) is 10.8 Å². The monoisotopic (exact) mass is 334 g/mol. The first-order valence-electron chi connectivity index (χ1n) is 7.57. The molecule has 0 aliphatic carbocycles. The van der Waals surface area contributed by atoms with Gasteiger partial charge in [0.25, 0.3) is 0 Å². The topological polar surface area (TPSA) is 47.3 Å². The Labute approximate surface area is 141 Å². The fraction of sp³-hybridized carbons (Fsp3) is 0.0500. The molecule has 1 heterocycles. The van der Waals surface area contributed by atoms with E-state index in [2.05, 4.69) is 0 Å². The summed E-state index contributed by atoms with van der Waals surface area (Å²) in [6.45, 7) is 1.93. The van der Waals surface area contributed by atoms with Crippen LogP contribution in [0, 0.1) is 6.92 Å². The van der Waals surface area contributed by atoms with Crippen LogP contribution in [0.25, 0.3) is 21.7 Å². The predicted octanol–water partition coefficient (Wildman–Crippen LogP) is 4.42. The smallest absolute Gasteiger partial charge is 0.353 e. The van der Waals surface area contributed by atoms with Gasteiger partial charge >= 0.3 is 5.63 Å². The summed E-state index contributed by atoms with van der Waals surface area (Å²) < 4.78 is 18.3. The molecule has 3 nitrogen and oxygen atoms in total. The summed E-state index contributed by atoms with van der Waals surface area (Å²) in [5, 5.41) is 2.82. The second-order valence-electron chi connectivity index (χ2n) is 5.68. The number of hydrogen-bond donors (Lipinski definition) is 0. The normalized spacial score (nSPS) is 12.5. The van der Waals surface area contributed by atoms with Gasteiger partial charge in [-0.1, -0.05) is 42.5 Å². The SMILES string of the molecule is Cc1cccc(S(=O)c2cc3c(ccc4ccccc43)oc2=O)c1. The van der Waals surface area contributed by atoms with Crippen molar-refractivity contribution in [3.63, 3.8) is 0 Å². The lowest BCUT2D eigenvalue weighted by molar-refractivity contribution is 0.541. The number of aryl methyl sites for hydroxylation is 1. The van der Waals surface area contributed by atoms with Crippen molar-refractivity contribution in [3.05, 3.63) is 82.7 Å². The average Bonchev–Trinajstić information content (AvgIpc) is 2.60. The minimum absolute atomic E-state index is 0.171. The number of rotatable bonds is 2. The molecule has 4 aromatic rings. The minimum Gasteiger partial charge on any atom is -0.422 e. The summed E-state index contributed by atoms with van der Waals surface area (Å²) in [6.07, 6.45) is 0. The molecule has 1 unspecified atom stereocenters. The van der Waals surface area contributed by atoms with Crippen LogP contribution >= 0.6 is 0 Å². The molecule has 3 aromatic carbocycles. The highest BCUT2D eigenvalue weighted by Crippen LogP contribution is 2.26. The Bertz CT molecular complexity index is 1160.